The molecule has 2 aromatic carbocycles. The summed E-state index contributed by atoms with van der Waals surface area (Å²) < 4.78 is 4.83. The van der Waals surface area contributed by atoms with Gasteiger partial charge in [-0.1, -0.05) is 82.8 Å². The highest BCUT2D eigenvalue weighted by Gasteiger charge is 2.13. The average Bonchev–Trinajstić information content (AvgIpc) is 2.87. The van der Waals surface area contributed by atoms with Crippen molar-refractivity contribution < 1.29 is 29.3 Å². The predicted octanol–water partition coefficient (Wildman–Crippen LogP) is 6.77. The van der Waals surface area contributed by atoms with E-state index >= 15 is 0 Å². The van der Waals surface area contributed by atoms with Crippen LogP contribution in [0.15, 0.2) is 72.8 Å². The van der Waals surface area contributed by atoms with E-state index in [9.17, 15) is 14.4 Å². The number of fused-ring (bicyclic) bond motifs is 1. The number of rotatable bonds is 8. The Morgan fingerprint density at radius 1 is 0.868 bits per heavy atom. The Morgan fingerprint density at radius 3 is 1.97 bits per heavy atom. The first kappa shape index (κ1) is 32.0. The fraction of sp³-hybridized carbons (Fsp3) is 0.355. The van der Waals surface area contributed by atoms with E-state index in [-0.39, 0.29) is 11.7 Å². The molecule has 1 heterocycles. The summed E-state index contributed by atoms with van der Waals surface area (Å²) in [5, 5.41) is 18.5. The van der Waals surface area contributed by atoms with Gasteiger partial charge in [0.25, 0.3) is 0 Å². The predicted molar refractivity (Wildman–Crippen MR) is 150 cm³/mol. The summed E-state index contributed by atoms with van der Waals surface area (Å²) in [6.07, 6.45) is 1.04. The second kappa shape index (κ2) is 16.0. The largest absolute Gasteiger partial charge is 0.481 e. The van der Waals surface area contributed by atoms with Crippen LogP contribution in [-0.4, -0.2) is 39.7 Å². The van der Waals surface area contributed by atoms with Crippen LogP contribution in [0, 0.1) is 11.8 Å². The lowest BCUT2D eigenvalue weighted by atomic mass is 9.97. The molecular formula is C31H39NO6. The minimum atomic E-state index is -0.995. The van der Waals surface area contributed by atoms with Crippen LogP contribution < -0.4 is 0 Å². The van der Waals surface area contributed by atoms with E-state index in [1.807, 2.05) is 56.3 Å². The Labute approximate surface area is 225 Å². The van der Waals surface area contributed by atoms with E-state index < -0.39 is 17.9 Å². The summed E-state index contributed by atoms with van der Waals surface area (Å²) in [5.41, 5.74) is 3.39. The first-order chi connectivity index (χ1) is 17.8. The quantitative estimate of drug-likeness (QED) is 0.248. The number of pyridine rings is 1. The molecular weight excluding hydrogens is 482 g/mol. The number of para-hydroxylation sites is 1. The SMILES string of the molecule is C=C(C)C(=O)OCC(C)C.CC(C)Cc1ccc(C(C)C(=O)O)cc1.O=C(O)c1ccc2ccccc2n1. The third kappa shape index (κ3) is 11.8. The number of carboxylic acid groups (broad SMARTS) is 2. The topological polar surface area (TPSA) is 114 Å². The number of aliphatic carboxylic acids is 1. The van der Waals surface area contributed by atoms with Crippen LogP contribution in [0.3, 0.4) is 0 Å². The normalized spacial score (nSPS) is 11.1. The summed E-state index contributed by atoms with van der Waals surface area (Å²) >= 11 is 0. The Morgan fingerprint density at radius 2 is 1.47 bits per heavy atom. The van der Waals surface area contributed by atoms with Crippen molar-refractivity contribution in [2.24, 2.45) is 11.8 Å². The van der Waals surface area contributed by atoms with E-state index in [1.54, 1.807) is 26.0 Å². The van der Waals surface area contributed by atoms with E-state index in [0.717, 1.165) is 17.4 Å². The molecule has 0 spiro atoms. The van der Waals surface area contributed by atoms with Gasteiger partial charge in [-0.2, -0.15) is 0 Å². The lowest BCUT2D eigenvalue weighted by Crippen LogP contribution is -2.09. The number of esters is 1. The van der Waals surface area contributed by atoms with Gasteiger partial charge in [0.1, 0.15) is 5.69 Å². The highest BCUT2D eigenvalue weighted by atomic mass is 16.5. The zero-order valence-corrected chi connectivity index (χ0v) is 23.1. The van der Waals surface area contributed by atoms with Gasteiger partial charge in [-0.05, 0) is 55.4 Å². The molecule has 7 nitrogen and oxygen atoms in total. The monoisotopic (exact) mass is 521 g/mol. The first-order valence-corrected chi connectivity index (χ1v) is 12.5. The lowest BCUT2D eigenvalue weighted by molar-refractivity contribution is -0.140. The standard InChI is InChI=1S/C13H18O2.C10H7NO2.C8H14O2/c1-9(2)8-11-4-6-12(7-5-11)10(3)13(14)15;12-10(13)9-6-5-7-3-1-2-4-8(7)11-9;1-6(2)5-10-8(9)7(3)4/h4-7,9-10H,8H2,1-3H3,(H,14,15);1-6H,(H,12,13);6H,3,5H2,1-2,4H3. The molecule has 0 radical (unpaired) electrons. The maximum atomic E-state index is 10.8. The number of hydrogen-bond donors (Lipinski definition) is 2. The van der Waals surface area contributed by atoms with Crippen molar-refractivity contribution in [2.45, 2.75) is 53.9 Å². The zero-order chi connectivity index (χ0) is 28.8. The van der Waals surface area contributed by atoms with Crippen molar-refractivity contribution in [2.75, 3.05) is 6.61 Å². The number of benzene rings is 2. The van der Waals surface area contributed by atoms with Crippen molar-refractivity contribution >= 4 is 28.8 Å². The zero-order valence-electron chi connectivity index (χ0n) is 23.1. The number of hydrogen-bond acceptors (Lipinski definition) is 5. The molecule has 0 aliphatic rings. The summed E-state index contributed by atoms with van der Waals surface area (Å²) in [5.74, 6) is -1.46. The van der Waals surface area contributed by atoms with E-state index in [2.05, 4.69) is 25.4 Å². The van der Waals surface area contributed by atoms with Gasteiger partial charge in [-0.25, -0.2) is 14.6 Å². The number of carboxylic acids is 2. The average molecular weight is 522 g/mol. The van der Waals surface area contributed by atoms with E-state index in [1.165, 1.54) is 11.6 Å². The molecule has 3 aromatic rings. The highest BCUT2D eigenvalue weighted by molar-refractivity contribution is 5.89. The van der Waals surface area contributed by atoms with Crippen LogP contribution in [0.4, 0.5) is 0 Å². The lowest BCUT2D eigenvalue weighted by Gasteiger charge is -2.09. The van der Waals surface area contributed by atoms with E-state index in [4.69, 9.17) is 14.9 Å². The van der Waals surface area contributed by atoms with Crippen molar-refractivity contribution in [3.63, 3.8) is 0 Å². The van der Waals surface area contributed by atoms with Gasteiger partial charge < -0.3 is 14.9 Å². The molecule has 204 valence electrons. The molecule has 0 fully saturated rings. The third-order valence-corrected chi connectivity index (χ3v) is 5.21. The first-order valence-electron chi connectivity index (χ1n) is 12.5. The highest BCUT2D eigenvalue weighted by Crippen LogP contribution is 2.17. The summed E-state index contributed by atoms with van der Waals surface area (Å²) in [6.45, 7) is 15.6. The van der Waals surface area contributed by atoms with Crippen LogP contribution in [-0.2, 0) is 20.7 Å². The number of carbonyl (C=O) groups is 3. The second-order valence-corrected chi connectivity index (χ2v) is 9.87. The molecule has 3 rings (SSSR count). The molecule has 38 heavy (non-hydrogen) atoms. The third-order valence-electron chi connectivity index (χ3n) is 5.21. The van der Waals surface area contributed by atoms with Gasteiger partial charge >= 0.3 is 17.9 Å². The number of nitrogens with zero attached hydrogens (tertiary/aromatic N) is 1. The second-order valence-electron chi connectivity index (χ2n) is 9.87. The van der Waals surface area contributed by atoms with Crippen LogP contribution in [0.25, 0.3) is 10.9 Å². The summed E-state index contributed by atoms with van der Waals surface area (Å²) in [4.78, 5) is 36.0. The molecule has 7 heteroatoms. The van der Waals surface area contributed by atoms with Crippen LogP contribution >= 0.6 is 0 Å². The van der Waals surface area contributed by atoms with Gasteiger partial charge in [0.05, 0.1) is 18.0 Å². The molecule has 0 saturated carbocycles. The maximum Gasteiger partial charge on any atom is 0.354 e. The van der Waals surface area contributed by atoms with Crippen LogP contribution in [0.5, 0.6) is 0 Å². The molecule has 0 amide bonds. The summed E-state index contributed by atoms with van der Waals surface area (Å²) in [7, 11) is 0. The van der Waals surface area contributed by atoms with Crippen molar-refractivity contribution in [1.29, 1.82) is 0 Å². The number of ether oxygens (including phenoxy) is 1. The maximum absolute atomic E-state index is 10.8. The Hall–Kier alpha value is -4.00. The smallest absolute Gasteiger partial charge is 0.354 e. The minimum absolute atomic E-state index is 0.0821. The molecule has 2 N–H and O–H groups in total. The molecule has 0 saturated heterocycles. The van der Waals surface area contributed by atoms with Gasteiger partial charge in [0, 0.05) is 11.0 Å². The number of aromatic carboxylic acids is 1. The van der Waals surface area contributed by atoms with Gasteiger partial charge in [0.15, 0.2) is 0 Å². The molecule has 0 aliphatic carbocycles. The van der Waals surface area contributed by atoms with Gasteiger partial charge in [-0.3, -0.25) is 4.79 Å². The van der Waals surface area contributed by atoms with Crippen LogP contribution in [0.2, 0.25) is 0 Å². The number of aromatic nitrogens is 1. The fourth-order valence-electron chi connectivity index (χ4n) is 3.11. The van der Waals surface area contributed by atoms with Crippen LogP contribution in [0.1, 0.15) is 69.1 Å². The fourth-order valence-corrected chi connectivity index (χ4v) is 3.11. The molecule has 0 bridgehead atoms. The Kier molecular flexibility index (Phi) is 13.5. The Balaban J connectivity index is 0.000000291. The molecule has 1 aromatic heterocycles. The van der Waals surface area contributed by atoms with Crippen molar-refractivity contribution in [1.82, 2.24) is 4.98 Å². The molecule has 1 atom stereocenters. The minimum Gasteiger partial charge on any atom is -0.481 e. The summed E-state index contributed by atoms with van der Waals surface area (Å²) in [6, 6.07) is 18.5. The number of carbonyl (C=O) groups excluding carboxylic acids is 1. The molecule has 1 unspecified atom stereocenters. The van der Waals surface area contributed by atoms with Gasteiger partial charge in [0.2, 0.25) is 0 Å². The van der Waals surface area contributed by atoms with E-state index in [0.29, 0.717) is 29.5 Å². The van der Waals surface area contributed by atoms with Crippen molar-refractivity contribution in [3.8, 4) is 0 Å². The molecule has 0 aliphatic heterocycles. The van der Waals surface area contributed by atoms with Gasteiger partial charge in [-0.15, -0.1) is 0 Å². The van der Waals surface area contributed by atoms with Crippen molar-refractivity contribution in [3.05, 3.63) is 89.6 Å². The Bertz CT molecular complexity index is 1210.